The largest absolute Gasteiger partial charge is 0.493 e. The number of anilines is 1. The average molecular weight is 463 g/mol. The first-order chi connectivity index (χ1) is 15.9. The predicted octanol–water partition coefficient (Wildman–Crippen LogP) is 5.17. The van der Waals surface area contributed by atoms with E-state index in [0.29, 0.717) is 22.1 Å². The van der Waals surface area contributed by atoms with Gasteiger partial charge in [0.15, 0.2) is 11.5 Å². The molecule has 0 bridgehead atoms. The van der Waals surface area contributed by atoms with Gasteiger partial charge in [-0.25, -0.2) is 4.79 Å². The van der Waals surface area contributed by atoms with Crippen molar-refractivity contribution in [2.24, 2.45) is 0 Å². The second-order valence-corrected chi connectivity index (χ2v) is 7.21. The molecule has 0 aliphatic rings. The van der Waals surface area contributed by atoms with Crippen molar-refractivity contribution in [2.75, 3.05) is 12.4 Å². The van der Waals surface area contributed by atoms with Gasteiger partial charge in [-0.2, -0.15) is 5.26 Å². The minimum atomic E-state index is -1.12. The number of carbonyl (C=O) groups excluding carboxylic acids is 1. The third kappa shape index (κ3) is 6.12. The summed E-state index contributed by atoms with van der Waals surface area (Å²) in [4.78, 5) is 23.6. The van der Waals surface area contributed by atoms with Crippen molar-refractivity contribution in [3.05, 3.63) is 94.0 Å². The van der Waals surface area contributed by atoms with Crippen LogP contribution in [0.2, 0.25) is 5.02 Å². The highest BCUT2D eigenvalue weighted by atomic mass is 35.5. The molecule has 1 amide bonds. The van der Waals surface area contributed by atoms with Crippen LogP contribution in [0.3, 0.4) is 0 Å². The number of amides is 1. The fraction of sp³-hybridized carbons (Fsp3) is 0.0800. The fourth-order valence-corrected chi connectivity index (χ4v) is 3.10. The quantitative estimate of drug-likeness (QED) is 0.353. The molecule has 33 heavy (non-hydrogen) atoms. The van der Waals surface area contributed by atoms with E-state index in [-0.39, 0.29) is 23.4 Å². The number of halogens is 1. The molecule has 0 aromatic heterocycles. The number of nitrogens with one attached hydrogen (secondary N) is 1. The number of carbonyl (C=O) groups is 2. The lowest BCUT2D eigenvalue weighted by molar-refractivity contribution is -0.112. The third-order valence-electron chi connectivity index (χ3n) is 4.57. The molecule has 166 valence electrons. The first-order valence-electron chi connectivity index (χ1n) is 9.72. The molecule has 0 atom stereocenters. The van der Waals surface area contributed by atoms with Crippen molar-refractivity contribution in [1.29, 1.82) is 5.26 Å². The average Bonchev–Trinajstić information content (AvgIpc) is 2.82. The minimum absolute atomic E-state index is 0.0207. The Bertz CT molecular complexity index is 1260. The van der Waals surface area contributed by atoms with Gasteiger partial charge in [0.05, 0.1) is 12.7 Å². The van der Waals surface area contributed by atoms with Crippen LogP contribution in [0.4, 0.5) is 5.69 Å². The maximum absolute atomic E-state index is 12.5. The van der Waals surface area contributed by atoms with Gasteiger partial charge in [-0.15, -0.1) is 0 Å². The maximum Gasteiger partial charge on any atom is 0.335 e. The van der Waals surface area contributed by atoms with Gasteiger partial charge in [0, 0.05) is 16.3 Å². The predicted molar refractivity (Wildman–Crippen MR) is 124 cm³/mol. The third-order valence-corrected chi connectivity index (χ3v) is 4.94. The Kier molecular flexibility index (Phi) is 7.68. The molecule has 0 saturated heterocycles. The summed E-state index contributed by atoms with van der Waals surface area (Å²) in [5.41, 5.74) is 1.49. The second kappa shape index (κ2) is 10.8. The number of hydrogen-bond donors (Lipinski definition) is 2. The van der Waals surface area contributed by atoms with Gasteiger partial charge in [-0.3, -0.25) is 4.79 Å². The molecule has 8 heteroatoms. The van der Waals surface area contributed by atoms with Crippen LogP contribution < -0.4 is 14.8 Å². The monoisotopic (exact) mass is 462 g/mol. The molecule has 0 spiro atoms. The van der Waals surface area contributed by atoms with Gasteiger partial charge in [0.25, 0.3) is 5.91 Å². The molecule has 0 saturated carbocycles. The van der Waals surface area contributed by atoms with Gasteiger partial charge in [0.1, 0.15) is 18.2 Å². The van der Waals surface area contributed by atoms with Crippen molar-refractivity contribution in [1.82, 2.24) is 0 Å². The van der Waals surface area contributed by atoms with Crippen LogP contribution >= 0.6 is 11.6 Å². The van der Waals surface area contributed by atoms with Crippen molar-refractivity contribution in [3.8, 4) is 17.6 Å². The normalized spacial score (nSPS) is 10.8. The van der Waals surface area contributed by atoms with E-state index in [1.54, 1.807) is 24.3 Å². The summed E-state index contributed by atoms with van der Waals surface area (Å²) in [7, 11) is 1.48. The summed E-state index contributed by atoms with van der Waals surface area (Å²) in [5.74, 6) is -0.894. The molecule has 2 N–H and O–H groups in total. The minimum Gasteiger partial charge on any atom is -0.493 e. The summed E-state index contributed by atoms with van der Waals surface area (Å²) in [6.07, 6.45) is 1.40. The van der Waals surface area contributed by atoms with Crippen LogP contribution in [-0.4, -0.2) is 24.1 Å². The fourth-order valence-electron chi connectivity index (χ4n) is 2.91. The number of benzene rings is 3. The van der Waals surface area contributed by atoms with Gasteiger partial charge < -0.3 is 19.9 Å². The van der Waals surface area contributed by atoms with Gasteiger partial charge in [0.2, 0.25) is 0 Å². The molecule has 0 radical (unpaired) electrons. The van der Waals surface area contributed by atoms with Crippen molar-refractivity contribution >= 4 is 35.2 Å². The Morgan fingerprint density at radius 3 is 2.58 bits per heavy atom. The molecule has 3 aromatic carbocycles. The summed E-state index contributed by atoms with van der Waals surface area (Å²) in [5, 5.41) is 21.7. The molecule has 0 aliphatic carbocycles. The Hall–Kier alpha value is -4.28. The van der Waals surface area contributed by atoms with Gasteiger partial charge in [-0.1, -0.05) is 41.9 Å². The van der Waals surface area contributed by atoms with E-state index in [4.69, 9.17) is 26.2 Å². The van der Waals surface area contributed by atoms with E-state index in [1.807, 2.05) is 24.3 Å². The molecule has 3 rings (SSSR count). The van der Waals surface area contributed by atoms with Crippen LogP contribution in [0, 0.1) is 11.3 Å². The molecule has 0 unspecified atom stereocenters. The highest BCUT2D eigenvalue weighted by molar-refractivity contribution is 6.31. The first kappa shape index (κ1) is 23.4. The van der Waals surface area contributed by atoms with E-state index >= 15 is 0 Å². The highest BCUT2D eigenvalue weighted by Gasteiger charge is 2.13. The number of aromatic carboxylic acids is 1. The van der Waals surface area contributed by atoms with Gasteiger partial charge >= 0.3 is 5.97 Å². The van der Waals surface area contributed by atoms with E-state index in [1.165, 1.54) is 37.5 Å². The Labute approximate surface area is 195 Å². The number of nitrogens with zero attached hydrogens (tertiary/aromatic N) is 1. The maximum atomic E-state index is 12.5. The number of nitriles is 1. The number of carboxylic acid groups (broad SMARTS) is 1. The van der Waals surface area contributed by atoms with Crippen molar-refractivity contribution < 1.29 is 24.2 Å². The zero-order valence-corrected chi connectivity index (χ0v) is 18.3. The number of rotatable bonds is 8. The summed E-state index contributed by atoms with van der Waals surface area (Å²) < 4.78 is 11.2. The van der Waals surface area contributed by atoms with E-state index in [2.05, 4.69) is 5.32 Å². The van der Waals surface area contributed by atoms with Crippen LogP contribution in [0.1, 0.15) is 21.5 Å². The van der Waals surface area contributed by atoms with Crippen LogP contribution in [0.25, 0.3) is 6.08 Å². The molecule has 3 aromatic rings. The molecular weight excluding hydrogens is 444 g/mol. The number of carboxylic acids is 1. The van der Waals surface area contributed by atoms with E-state index in [9.17, 15) is 14.9 Å². The summed E-state index contributed by atoms with van der Waals surface area (Å²) in [6.45, 7) is 0.243. The first-order valence-corrected chi connectivity index (χ1v) is 10.1. The number of ether oxygens (including phenoxy) is 2. The van der Waals surface area contributed by atoms with Crippen LogP contribution in [0.15, 0.2) is 72.3 Å². The van der Waals surface area contributed by atoms with Crippen LogP contribution in [0.5, 0.6) is 11.5 Å². The zero-order chi connectivity index (χ0) is 23.8. The van der Waals surface area contributed by atoms with Gasteiger partial charge in [-0.05, 0) is 48.0 Å². The lowest BCUT2D eigenvalue weighted by atomic mass is 10.1. The summed E-state index contributed by atoms with van der Waals surface area (Å²) >= 11 is 6.16. The standard InChI is InChI=1S/C25H19ClN2O5/c1-32-23-12-16(9-10-22(23)33-15-18-5-2-3-8-21(18)26)11-19(14-27)24(29)28-20-7-4-6-17(13-20)25(30)31/h2-13H,15H2,1H3,(H,28,29)(H,30,31)/b19-11-. The number of hydrogen-bond acceptors (Lipinski definition) is 5. The Morgan fingerprint density at radius 1 is 1.09 bits per heavy atom. The molecule has 7 nitrogen and oxygen atoms in total. The second-order valence-electron chi connectivity index (χ2n) is 6.80. The lowest BCUT2D eigenvalue weighted by Crippen LogP contribution is -2.14. The molecular formula is C25H19ClN2O5. The van der Waals surface area contributed by atoms with E-state index in [0.717, 1.165) is 5.56 Å². The lowest BCUT2D eigenvalue weighted by Gasteiger charge is -2.12. The topological polar surface area (TPSA) is 109 Å². The van der Waals surface area contributed by atoms with E-state index < -0.39 is 11.9 Å². The SMILES string of the molecule is COc1cc(/C=C(/C#N)C(=O)Nc2cccc(C(=O)O)c2)ccc1OCc1ccccc1Cl. The van der Waals surface area contributed by atoms with Crippen LogP contribution in [-0.2, 0) is 11.4 Å². The summed E-state index contributed by atoms with van der Waals surface area (Å²) in [6, 6.07) is 19.9. The smallest absolute Gasteiger partial charge is 0.335 e. The highest BCUT2D eigenvalue weighted by Crippen LogP contribution is 2.30. The molecule has 0 heterocycles. The van der Waals surface area contributed by atoms with Crippen molar-refractivity contribution in [3.63, 3.8) is 0 Å². The Morgan fingerprint density at radius 2 is 1.88 bits per heavy atom. The molecule has 0 fully saturated rings. The molecule has 0 aliphatic heterocycles. The Balaban J connectivity index is 1.77. The van der Waals surface area contributed by atoms with Crippen molar-refractivity contribution in [2.45, 2.75) is 6.61 Å². The zero-order valence-electron chi connectivity index (χ0n) is 17.5. The number of methoxy groups -OCH3 is 1.